The summed E-state index contributed by atoms with van der Waals surface area (Å²) < 4.78 is 17.2. The molecule has 1 atom stereocenters. The molecule has 0 aliphatic carbocycles. The summed E-state index contributed by atoms with van der Waals surface area (Å²) in [5, 5.41) is 0. The lowest BCUT2D eigenvalue weighted by molar-refractivity contribution is -0.162. The SMILES string of the molecule is CC/C=C\C/C=C\C/C=C\C/C=C\C/C=C\C/C=C\CCCOCC(COC(=O)CCCCCCC/C=C\C/C=C\CCCCC)OC(=O)CC/C=C\C/C=C\C/C=C\C/C=C\CC. The van der Waals surface area contributed by atoms with Gasteiger partial charge < -0.3 is 14.2 Å². The van der Waals surface area contributed by atoms with Crippen LogP contribution in [0.4, 0.5) is 0 Å². The fourth-order valence-electron chi connectivity index (χ4n) is 6.16. The first-order valence-corrected chi connectivity index (χ1v) is 25.4. The number of carbonyl (C=O) groups excluding carboxylic acids is 2. The fraction of sp³-hybridized carbons (Fsp3) is 0.559. The van der Waals surface area contributed by atoms with Crippen molar-refractivity contribution in [3.63, 3.8) is 0 Å². The molecule has 0 bridgehead atoms. The van der Waals surface area contributed by atoms with Gasteiger partial charge in [0.2, 0.25) is 0 Å². The van der Waals surface area contributed by atoms with Gasteiger partial charge in [-0.3, -0.25) is 9.59 Å². The highest BCUT2D eigenvalue weighted by Gasteiger charge is 2.17. The van der Waals surface area contributed by atoms with Crippen molar-refractivity contribution in [2.45, 2.75) is 194 Å². The highest BCUT2D eigenvalue weighted by molar-refractivity contribution is 5.70. The van der Waals surface area contributed by atoms with E-state index >= 15 is 0 Å². The molecular weight excluding hydrogens is 789 g/mol. The molecule has 0 aliphatic rings. The second kappa shape index (κ2) is 53.1. The number of rotatable bonds is 44. The summed E-state index contributed by atoms with van der Waals surface area (Å²) in [7, 11) is 0. The predicted molar refractivity (Wildman–Crippen MR) is 278 cm³/mol. The van der Waals surface area contributed by atoms with E-state index in [1.54, 1.807) is 0 Å². The highest BCUT2D eigenvalue weighted by Crippen LogP contribution is 2.10. The van der Waals surface area contributed by atoms with Crippen molar-refractivity contribution in [1.29, 1.82) is 0 Å². The second-order valence-electron chi connectivity index (χ2n) is 15.9. The number of hydrogen-bond acceptors (Lipinski definition) is 5. The summed E-state index contributed by atoms with van der Waals surface area (Å²) in [6.07, 6.45) is 77.4. The molecule has 64 heavy (non-hydrogen) atoms. The summed E-state index contributed by atoms with van der Waals surface area (Å²) in [5.41, 5.74) is 0. The fourth-order valence-corrected chi connectivity index (χ4v) is 6.16. The lowest BCUT2D eigenvalue weighted by Crippen LogP contribution is -2.30. The molecule has 0 aromatic carbocycles. The predicted octanol–water partition coefficient (Wildman–Crippen LogP) is 17.3. The first-order chi connectivity index (χ1) is 31.6. The summed E-state index contributed by atoms with van der Waals surface area (Å²) >= 11 is 0. The van der Waals surface area contributed by atoms with E-state index in [-0.39, 0.29) is 31.6 Å². The van der Waals surface area contributed by atoms with Gasteiger partial charge in [-0.05, 0) is 122 Å². The summed E-state index contributed by atoms with van der Waals surface area (Å²) in [6, 6.07) is 0. The van der Waals surface area contributed by atoms with E-state index < -0.39 is 6.10 Å². The van der Waals surface area contributed by atoms with Crippen LogP contribution in [0.3, 0.4) is 0 Å². The summed E-state index contributed by atoms with van der Waals surface area (Å²) in [4.78, 5) is 25.3. The van der Waals surface area contributed by atoms with E-state index in [9.17, 15) is 9.59 Å². The van der Waals surface area contributed by atoms with Gasteiger partial charge in [0, 0.05) is 19.4 Å². The van der Waals surface area contributed by atoms with Gasteiger partial charge in [-0.1, -0.05) is 199 Å². The zero-order valence-corrected chi connectivity index (χ0v) is 41.0. The van der Waals surface area contributed by atoms with Crippen LogP contribution in [0.2, 0.25) is 0 Å². The van der Waals surface area contributed by atoms with Crippen LogP contribution in [0, 0.1) is 0 Å². The third-order valence-corrected chi connectivity index (χ3v) is 9.85. The van der Waals surface area contributed by atoms with Crippen molar-refractivity contribution in [2.24, 2.45) is 0 Å². The minimum absolute atomic E-state index is 0.0158. The van der Waals surface area contributed by atoms with Gasteiger partial charge in [0.15, 0.2) is 6.10 Å². The van der Waals surface area contributed by atoms with Crippen LogP contribution in [0.15, 0.2) is 146 Å². The molecule has 1 unspecified atom stereocenters. The van der Waals surface area contributed by atoms with Gasteiger partial charge in [0.1, 0.15) is 6.61 Å². The molecule has 0 amide bonds. The lowest BCUT2D eigenvalue weighted by atomic mass is 10.1. The molecule has 0 saturated carbocycles. The van der Waals surface area contributed by atoms with Crippen molar-refractivity contribution in [2.75, 3.05) is 19.8 Å². The molecule has 0 radical (unpaired) electrons. The monoisotopic (exact) mass is 881 g/mol. The van der Waals surface area contributed by atoms with Crippen molar-refractivity contribution in [3.05, 3.63) is 146 Å². The van der Waals surface area contributed by atoms with Crippen LogP contribution in [0.1, 0.15) is 188 Å². The largest absolute Gasteiger partial charge is 0.462 e. The zero-order valence-electron chi connectivity index (χ0n) is 41.0. The molecule has 5 heteroatoms. The Morgan fingerprint density at radius 2 is 0.734 bits per heavy atom. The maximum absolute atomic E-state index is 12.7. The summed E-state index contributed by atoms with van der Waals surface area (Å²) in [6.45, 7) is 7.30. The van der Waals surface area contributed by atoms with Crippen LogP contribution < -0.4 is 0 Å². The Morgan fingerprint density at radius 3 is 1.19 bits per heavy atom. The minimum Gasteiger partial charge on any atom is -0.462 e. The van der Waals surface area contributed by atoms with Crippen molar-refractivity contribution >= 4 is 11.9 Å². The first-order valence-electron chi connectivity index (χ1n) is 25.4. The molecule has 0 aliphatic heterocycles. The quantitative estimate of drug-likeness (QED) is 0.0347. The van der Waals surface area contributed by atoms with Crippen molar-refractivity contribution in [1.82, 2.24) is 0 Å². The molecule has 0 aromatic rings. The van der Waals surface area contributed by atoms with Crippen LogP contribution in [0.5, 0.6) is 0 Å². The van der Waals surface area contributed by atoms with E-state index in [4.69, 9.17) is 14.2 Å². The molecule has 0 heterocycles. The number of unbranched alkanes of at least 4 members (excludes halogenated alkanes) is 9. The molecule has 5 nitrogen and oxygen atoms in total. The van der Waals surface area contributed by atoms with E-state index in [0.717, 1.165) is 109 Å². The maximum Gasteiger partial charge on any atom is 0.306 e. The number of allylic oxidation sites excluding steroid dienone is 24. The smallest absolute Gasteiger partial charge is 0.306 e. The van der Waals surface area contributed by atoms with Gasteiger partial charge >= 0.3 is 11.9 Å². The number of esters is 2. The van der Waals surface area contributed by atoms with Crippen molar-refractivity contribution < 1.29 is 23.8 Å². The number of ether oxygens (including phenoxy) is 3. The van der Waals surface area contributed by atoms with E-state index in [2.05, 4.69) is 161 Å². The molecule has 0 rings (SSSR count). The number of hydrogen-bond donors (Lipinski definition) is 0. The molecule has 0 saturated heterocycles. The molecule has 0 aromatic heterocycles. The first kappa shape index (κ1) is 59.8. The molecule has 0 spiro atoms. The standard InChI is InChI=1S/C59H92O5/c1-4-7-10-13-16-19-22-25-27-28-29-30-31-33-36-39-42-45-48-51-54-62-55-57(64-59(61)53-50-47-44-41-38-34-24-21-18-15-12-9-6-3)56-63-58(60)52-49-46-43-40-37-35-32-26-23-20-17-14-11-8-5-2/h7,9-10,12,16-21,25-27,29-30,32-34,36,38,42,44-45,47,57H,4-6,8,11,13-15,22-24,28,31,35,37,39-41,43,46,48-56H2,1-3H3/b10-7-,12-9-,19-16-,20-17-,21-18-,27-25-,30-29-,32-26-,36-33-,38-34-,45-42-,47-44-. The Labute approximate surface area is 393 Å². The highest BCUT2D eigenvalue weighted by atomic mass is 16.6. The molecule has 0 N–H and O–H groups in total. The second-order valence-corrected chi connectivity index (χ2v) is 15.9. The number of carbonyl (C=O) groups is 2. The Bertz CT molecular complexity index is 1410. The van der Waals surface area contributed by atoms with Crippen LogP contribution in [-0.2, 0) is 23.8 Å². The molecule has 0 fully saturated rings. The van der Waals surface area contributed by atoms with Gasteiger partial charge in [-0.25, -0.2) is 0 Å². The van der Waals surface area contributed by atoms with Gasteiger partial charge in [0.25, 0.3) is 0 Å². The Morgan fingerprint density at radius 1 is 0.359 bits per heavy atom. The van der Waals surface area contributed by atoms with Gasteiger partial charge in [0.05, 0.1) is 6.61 Å². The van der Waals surface area contributed by atoms with Crippen LogP contribution in [0.25, 0.3) is 0 Å². The average molecular weight is 881 g/mol. The molecule has 358 valence electrons. The topological polar surface area (TPSA) is 61.8 Å². The van der Waals surface area contributed by atoms with E-state index in [0.29, 0.717) is 19.4 Å². The molecular formula is C59H92O5. The zero-order chi connectivity index (χ0) is 46.3. The Kier molecular flexibility index (Phi) is 49.6. The van der Waals surface area contributed by atoms with Crippen LogP contribution in [-0.4, -0.2) is 37.9 Å². The normalized spacial score (nSPS) is 13.5. The van der Waals surface area contributed by atoms with E-state index in [1.165, 1.54) is 38.5 Å². The van der Waals surface area contributed by atoms with Crippen molar-refractivity contribution in [3.8, 4) is 0 Å². The maximum atomic E-state index is 12.7. The third kappa shape index (κ3) is 50.4. The van der Waals surface area contributed by atoms with Gasteiger partial charge in [-0.2, -0.15) is 0 Å². The van der Waals surface area contributed by atoms with Crippen LogP contribution >= 0.6 is 0 Å². The minimum atomic E-state index is -0.621. The Hall–Kier alpha value is -4.22. The third-order valence-electron chi connectivity index (χ3n) is 9.85. The lowest BCUT2D eigenvalue weighted by Gasteiger charge is -2.18. The Balaban J connectivity index is 4.51. The summed E-state index contributed by atoms with van der Waals surface area (Å²) in [5.74, 6) is -0.553. The average Bonchev–Trinajstić information content (AvgIpc) is 3.30. The van der Waals surface area contributed by atoms with E-state index in [1.807, 2.05) is 6.08 Å². The van der Waals surface area contributed by atoms with Gasteiger partial charge in [-0.15, -0.1) is 0 Å².